The van der Waals surface area contributed by atoms with Crippen molar-refractivity contribution >= 4 is 23.3 Å². The number of fused-ring (bicyclic) bond motifs is 3. The molecular formula is C24H26F3N7O4. The zero-order valence-corrected chi connectivity index (χ0v) is 20.5. The zero-order chi connectivity index (χ0) is 27.0. The number of rotatable bonds is 7. The van der Waals surface area contributed by atoms with Gasteiger partial charge in [0.1, 0.15) is 11.4 Å². The molecule has 1 saturated heterocycles. The van der Waals surface area contributed by atoms with Crippen molar-refractivity contribution in [1.82, 2.24) is 25.1 Å². The molecule has 0 atom stereocenters. The Morgan fingerprint density at radius 3 is 2.55 bits per heavy atom. The van der Waals surface area contributed by atoms with Gasteiger partial charge in [-0.15, -0.1) is 13.2 Å². The van der Waals surface area contributed by atoms with E-state index in [-0.39, 0.29) is 30.4 Å². The first-order valence-electron chi connectivity index (χ1n) is 12.0. The van der Waals surface area contributed by atoms with Gasteiger partial charge >= 0.3 is 12.3 Å². The van der Waals surface area contributed by atoms with Crippen LogP contribution in [0.4, 0.5) is 30.5 Å². The number of H-pyrrole nitrogens is 1. The van der Waals surface area contributed by atoms with E-state index in [9.17, 15) is 28.2 Å². The minimum Gasteiger partial charge on any atom is -0.477 e. The highest BCUT2D eigenvalue weighted by molar-refractivity contribution is 5.90. The average Bonchev–Trinajstić information content (AvgIpc) is 3.30. The lowest BCUT2D eigenvalue weighted by Gasteiger charge is -2.34. The number of carboxylic acid groups (broad SMARTS) is 1. The first-order chi connectivity index (χ1) is 18.1. The minimum atomic E-state index is -4.91. The third-order valence-corrected chi connectivity index (χ3v) is 6.68. The van der Waals surface area contributed by atoms with Crippen molar-refractivity contribution in [1.29, 1.82) is 0 Å². The molecule has 0 unspecified atom stereocenters. The lowest BCUT2D eigenvalue weighted by Crippen LogP contribution is -2.44. The summed E-state index contributed by atoms with van der Waals surface area (Å²) in [6.07, 6.45) is -3.91. The van der Waals surface area contributed by atoms with Gasteiger partial charge in [0.25, 0.3) is 0 Å². The smallest absolute Gasteiger partial charge is 0.477 e. The molecule has 1 aliphatic carbocycles. The van der Waals surface area contributed by atoms with E-state index in [1.165, 1.54) is 6.07 Å². The molecule has 3 aromatic rings. The monoisotopic (exact) mass is 533 g/mol. The summed E-state index contributed by atoms with van der Waals surface area (Å²) in [5.41, 5.74) is 3.08. The molecule has 2 aliphatic rings. The molecule has 14 heteroatoms. The summed E-state index contributed by atoms with van der Waals surface area (Å²) in [6.45, 7) is 2.83. The molecule has 3 heterocycles. The number of ether oxygens (including phenoxy) is 1. The summed E-state index contributed by atoms with van der Waals surface area (Å²) in [7, 11) is 2.01. The first kappa shape index (κ1) is 25.7. The second-order valence-electron chi connectivity index (χ2n) is 9.17. The molecule has 1 aromatic carbocycles. The number of nitrogens with one attached hydrogen (secondary N) is 2. The summed E-state index contributed by atoms with van der Waals surface area (Å²) in [5, 5.41) is 28.6. The third-order valence-electron chi connectivity index (χ3n) is 6.68. The largest absolute Gasteiger partial charge is 0.573 e. The van der Waals surface area contributed by atoms with E-state index in [4.69, 9.17) is 0 Å². The van der Waals surface area contributed by atoms with Gasteiger partial charge in [0.2, 0.25) is 5.95 Å². The summed E-state index contributed by atoms with van der Waals surface area (Å²) < 4.78 is 43.9. The van der Waals surface area contributed by atoms with Gasteiger partial charge in [-0.2, -0.15) is 5.10 Å². The Labute approximate surface area is 215 Å². The number of piperazine rings is 1. The van der Waals surface area contributed by atoms with E-state index in [0.29, 0.717) is 59.8 Å². The van der Waals surface area contributed by atoms with Crippen molar-refractivity contribution < 1.29 is 32.9 Å². The van der Waals surface area contributed by atoms with Crippen molar-refractivity contribution in [3.05, 3.63) is 40.7 Å². The lowest BCUT2D eigenvalue weighted by atomic mass is 9.91. The number of aromatic amines is 1. The van der Waals surface area contributed by atoms with Crippen molar-refractivity contribution in [2.75, 3.05) is 50.1 Å². The fourth-order valence-corrected chi connectivity index (χ4v) is 4.80. The van der Waals surface area contributed by atoms with Crippen LogP contribution in [0.3, 0.4) is 0 Å². The summed E-state index contributed by atoms with van der Waals surface area (Å²) in [5.74, 6) is -1.63. The number of anilines is 3. The van der Waals surface area contributed by atoms with Crippen LogP contribution >= 0.6 is 0 Å². The standard InChI is InChI=1S/C24H26F3N7O4/c1-33-7-9-34(10-8-33)13-2-5-18(38-24(25,26)27)17(12-13)29-23-28-16(6-11-35)14-3-4-15-20(19(14)30-23)31-32-21(15)22(36)37/h2,5,12,35H,3-4,6-11H2,1H3,(H,31,32)(H,36,37)(H,28,29,30). The molecule has 0 spiro atoms. The number of halogens is 3. The van der Waals surface area contributed by atoms with Crippen LogP contribution in [0.1, 0.15) is 27.3 Å². The Morgan fingerprint density at radius 2 is 1.87 bits per heavy atom. The highest BCUT2D eigenvalue weighted by Gasteiger charge is 2.33. The fraction of sp³-hybridized carbons (Fsp3) is 0.417. The molecule has 11 nitrogen and oxygen atoms in total. The van der Waals surface area contributed by atoms with E-state index >= 15 is 0 Å². The van der Waals surface area contributed by atoms with Crippen molar-refractivity contribution in [2.45, 2.75) is 25.6 Å². The maximum Gasteiger partial charge on any atom is 0.573 e. The number of benzene rings is 1. The van der Waals surface area contributed by atoms with Crippen LogP contribution in [0.25, 0.3) is 11.4 Å². The highest BCUT2D eigenvalue weighted by Crippen LogP contribution is 2.38. The highest BCUT2D eigenvalue weighted by atomic mass is 19.4. The Morgan fingerprint density at radius 1 is 1.13 bits per heavy atom. The molecule has 0 amide bonds. The molecule has 1 aliphatic heterocycles. The van der Waals surface area contributed by atoms with E-state index in [0.717, 1.165) is 13.1 Å². The van der Waals surface area contributed by atoms with Gasteiger partial charge in [0.05, 0.1) is 17.1 Å². The van der Waals surface area contributed by atoms with E-state index in [1.54, 1.807) is 12.1 Å². The summed E-state index contributed by atoms with van der Waals surface area (Å²) in [6, 6.07) is 4.39. The van der Waals surface area contributed by atoms with Crippen LogP contribution in [0.15, 0.2) is 18.2 Å². The van der Waals surface area contributed by atoms with Crippen molar-refractivity contribution in [3.63, 3.8) is 0 Å². The van der Waals surface area contributed by atoms with Gasteiger partial charge in [-0.05, 0) is 38.1 Å². The Kier molecular flexibility index (Phi) is 6.84. The number of nitrogens with zero attached hydrogens (tertiary/aromatic N) is 5. The Balaban J connectivity index is 1.56. The summed E-state index contributed by atoms with van der Waals surface area (Å²) in [4.78, 5) is 24.8. The number of alkyl halides is 3. The number of hydrogen-bond donors (Lipinski definition) is 4. The van der Waals surface area contributed by atoms with Gasteiger partial charge in [-0.3, -0.25) is 5.10 Å². The van der Waals surface area contributed by atoms with Gasteiger partial charge in [-0.25, -0.2) is 14.8 Å². The molecular weight excluding hydrogens is 507 g/mol. The van der Waals surface area contributed by atoms with Crippen molar-refractivity contribution in [3.8, 4) is 17.1 Å². The third kappa shape index (κ3) is 5.22. The fourth-order valence-electron chi connectivity index (χ4n) is 4.80. The quantitative estimate of drug-likeness (QED) is 0.358. The maximum atomic E-state index is 13.2. The predicted octanol–water partition coefficient (Wildman–Crippen LogP) is 2.59. The van der Waals surface area contributed by atoms with Crippen LogP contribution in [-0.4, -0.2) is 87.4 Å². The summed E-state index contributed by atoms with van der Waals surface area (Å²) >= 11 is 0. The van der Waals surface area contributed by atoms with Crippen LogP contribution in [-0.2, 0) is 19.3 Å². The number of aliphatic hydroxyl groups is 1. The van der Waals surface area contributed by atoms with E-state index in [2.05, 4.69) is 40.0 Å². The van der Waals surface area contributed by atoms with E-state index in [1.807, 2.05) is 7.05 Å². The number of aromatic nitrogens is 4. The molecule has 1 fully saturated rings. The lowest BCUT2D eigenvalue weighted by molar-refractivity contribution is -0.274. The van der Waals surface area contributed by atoms with Crippen molar-refractivity contribution in [2.24, 2.45) is 0 Å². The molecule has 38 heavy (non-hydrogen) atoms. The Bertz CT molecular complexity index is 1350. The van der Waals surface area contributed by atoms with Crippen LogP contribution in [0, 0.1) is 0 Å². The number of aliphatic hydroxyl groups excluding tert-OH is 1. The van der Waals surface area contributed by atoms with Gasteiger partial charge in [0.15, 0.2) is 5.75 Å². The van der Waals surface area contributed by atoms with Gasteiger partial charge < -0.3 is 30.1 Å². The SMILES string of the molecule is CN1CCN(c2ccc(OC(F)(F)F)c(Nc3nc(CCO)c4c(n3)-c3n[nH]c(C(=O)O)c3CC4)c2)CC1. The molecule has 0 saturated carbocycles. The van der Waals surface area contributed by atoms with Crippen LogP contribution in [0.5, 0.6) is 5.75 Å². The number of carbonyl (C=O) groups is 1. The minimum absolute atomic E-state index is 0.0120. The second-order valence-corrected chi connectivity index (χ2v) is 9.17. The molecule has 0 radical (unpaired) electrons. The zero-order valence-electron chi connectivity index (χ0n) is 20.5. The topological polar surface area (TPSA) is 140 Å². The van der Waals surface area contributed by atoms with Gasteiger partial charge in [0, 0.05) is 56.0 Å². The predicted molar refractivity (Wildman–Crippen MR) is 131 cm³/mol. The molecule has 2 aromatic heterocycles. The van der Waals surface area contributed by atoms with Crippen LogP contribution in [0.2, 0.25) is 0 Å². The molecule has 202 valence electrons. The Hall–Kier alpha value is -3.91. The number of hydrogen-bond acceptors (Lipinski definition) is 9. The molecule has 4 N–H and O–H groups in total. The number of carboxylic acids is 1. The number of aromatic carboxylic acids is 1. The maximum absolute atomic E-state index is 13.2. The molecule has 5 rings (SSSR count). The van der Waals surface area contributed by atoms with E-state index < -0.39 is 18.1 Å². The average molecular weight is 534 g/mol. The number of likely N-dealkylation sites (N-methyl/N-ethyl adjacent to an activating group) is 1. The van der Waals surface area contributed by atoms with Crippen LogP contribution < -0.4 is 15.0 Å². The first-order valence-corrected chi connectivity index (χ1v) is 12.0. The normalized spacial score (nSPS) is 15.7. The second kappa shape index (κ2) is 10.1. The molecule has 0 bridgehead atoms. The van der Waals surface area contributed by atoms with Gasteiger partial charge in [-0.1, -0.05) is 0 Å².